The molecule has 1 aromatic rings. The Balaban J connectivity index is 3.03. The highest BCUT2D eigenvalue weighted by Crippen LogP contribution is 2.15. The summed E-state index contributed by atoms with van der Waals surface area (Å²) in [6, 6.07) is 3.80. The number of nitrogens with two attached hydrogens (primary N) is 1. The molecule has 0 aliphatic heterocycles. The Morgan fingerprint density at radius 1 is 1.50 bits per heavy atom. The molecule has 0 aliphatic rings. The first-order chi connectivity index (χ1) is 4.72. The SMILES string of the molecule is CN(C)c1cccnc1N. The quantitative estimate of drug-likeness (QED) is 0.620. The smallest absolute Gasteiger partial charge is 0.146 e. The Morgan fingerprint density at radius 2 is 2.20 bits per heavy atom. The van der Waals surface area contributed by atoms with Crippen LogP contribution < -0.4 is 10.6 Å². The highest BCUT2D eigenvalue weighted by molar-refractivity contribution is 5.61. The number of anilines is 2. The largest absolute Gasteiger partial charge is 0.382 e. The molecule has 0 saturated heterocycles. The van der Waals surface area contributed by atoms with Crippen LogP contribution in [0.5, 0.6) is 0 Å². The van der Waals surface area contributed by atoms with Crippen LogP contribution >= 0.6 is 0 Å². The molecule has 3 nitrogen and oxygen atoms in total. The number of aromatic nitrogens is 1. The van der Waals surface area contributed by atoms with E-state index in [1.807, 2.05) is 31.1 Å². The summed E-state index contributed by atoms with van der Waals surface area (Å²) in [5.74, 6) is 0.576. The summed E-state index contributed by atoms with van der Waals surface area (Å²) < 4.78 is 0. The van der Waals surface area contributed by atoms with Crippen molar-refractivity contribution >= 4 is 11.5 Å². The van der Waals surface area contributed by atoms with Crippen molar-refractivity contribution in [2.24, 2.45) is 0 Å². The van der Waals surface area contributed by atoms with Gasteiger partial charge in [0.15, 0.2) is 0 Å². The zero-order valence-electron chi connectivity index (χ0n) is 6.20. The molecule has 0 saturated carbocycles. The van der Waals surface area contributed by atoms with Crippen LogP contribution in [0.1, 0.15) is 0 Å². The van der Waals surface area contributed by atoms with Gasteiger partial charge < -0.3 is 10.6 Å². The number of hydrogen-bond donors (Lipinski definition) is 1. The average molecular weight is 137 g/mol. The highest BCUT2D eigenvalue weighted by Gasteiger charge is 1.97. The predicted molar refractivity (Wildman–Crippen MR) is 43.0 cm³/mol. The normalized spacial score (nSPS) is 9.40. The lowest BCUT2D eigenvalue weighted by Gasteiger charge is -2.12. The van der Waals surface area contributed by atoms with E-state index < -0.39 is 0 Å². The van der Waals surface area contributed by atoms with Crippen LogP contribution in [0.3, 0.4) is 0 Å². The maximum atomic E-state index is 5.57. The Kier molecular flexibility index (Phi) is 1.76. The third kappa shape index (κ3) is 1.18. The van der Waals surface area contributed by atoms with Gasteiger partial charge in [-0.2, -0.15) is 0 Å². The van der Waals surface area contributed by atoms with Gasteiger partial charge >= 0.3 is 0 Å². The van der Waals surface area contributed by atoms with Gasteiger partial charge in [-0.15, -0.1) is 0 Å². The van der Waals surface area contributed by atoms with Crippen LogP contribution in [0.15, 0.2) is 18.3 Å². The molecule has 0 amide bonds. The molecule has 2 N–H and O–H groups in total. The fourth-order valence-electron chi connectivity index (χ4n) is 0.787. The standard InChI is InChI=1S/C7H11N3/c1-10(2)6-4-3-5-9-7(6)8/h3-5H,1-2H3,(H2,8,9). The maximum Gasteiger partial charge on any atom is 0.146 e. The average Bonchev–Trinajstić information content (AvgIpc) is 1.88. The molecular formula is C7H11N3. The first kappa shape index (κ1) is 6.86. The molecule has 54 valence electrons. The van der Waals surface area contributed by atoms with Crippen molar-refractivity contribution in [1.29, 1.82) is 0 Å². The predicted octanol–water partition coefficient (Wildman–Crippen LogP) is 0.730. The number of hydrogen-bond acceptors (Lipinski definition) is 3. The molecule has 0 unspecified atom stereocenters. The molecule has 1 aromatic heterocycles. The number of nitrogen functional groups attached to an aromatic ring is 1. The van der Waals surface area contributed by atoms with E-state index >= 15 is 0 Å². The van der Waals surface area contributed by atoms with Crippen molar-refractivity contribution in [1.82, 2.24) is 4.98 Å². The zero-order chi connectivity index (χ0) is 7.56. The molecule has 0 atom stereocenters. The van der Waals surface area contributed by atoms with Crippen molar-refractivity contribution in [3.05, 3.63) is 18.3 Å². The summed E-state index contributed by atoms with van der Waals surface area (Å²) >= 11 is 0. The van der Waals surface area contributed by atoms with E-state index in [1.54, 1.807) is 6.20 Å². The number of pyridine rings is 1. The molecule has 1 rings (SSSR count). The first-order valence-electron chi connectivity index (χ1n) is 3.09. The second-order valence-corrected chi connectivity index (χ2v) is 2.30. The van der Waals surface area contributed by atoms with Crippen molar-refractivity contribution in [3.8, 4) is 0 Å². The molecule has 0 aliphatic carbocycles. The van der Waals surface area contributed by atoms with Crippen LogP contribution in [0.2, 0.25) is 0 Å². The van der Waals surface area contributed by atoms with Gasteiger partial charge in [-0.05, 0) is 12.1 Å². The summed E-state index contributed by atoms with van der Waals surface area (Å²) in [6.45, 7) is 0. The Morgan fingerprint density at radius 3 is 2.60 bits per heavy atom. The molecule has 3 heteroatoms. The molecule has 10 heavy (non-hydrogen) atoms. The van der Waals surface area contributed by atoms with E-state index in [4.69, 9.17) is 5.73 Å². The van der Waals surface area contributed by atoms with Gasteiger partial charge in [-0.3, -0.25) is 0 Å². The third-order valence-electron chi connectivity index (χ3n) is 1.30. The van der Waals surface area contributed by atoms with Crippen LogP contribution in [-0.4, -0.2) is 19.1 Å². The minimum atomic E-state index is 0.576. The van der Waals surface area contributed by atoms with Gasteiger partial charge in [-0.25, -0.2) is 4.98 Å². The molecule has 0 fully saturated rings. The van der Waals surface area contributed by atoms with Gasteiger partial charge in [-0.1, -0.05) is 0 Å². The van der Waals surface area contributed by atoms with E-state index in [0.29, 0.717) is 5.82 Å². The van der Waals surface area contributed by atoms with Crippen LogP contribution in [-0.2, 0) is 0 Å². The Hall–Kier alpha value is -1.25. The molecule has 0 spiro atoms. The topological polar surface area (TPSA) is 42.2 Å². The van der Waals surface area contributed by atoms with Gasteiger partial charge in [0, 0.05) is 20.3 Å². The van der Waals surface area contributed by atoms with Crippen molar-refractivity contribution < 1.29 is 0 Å². The summed E-state index contributed by atoms with van der Waals surface area (Å²) in [5, 5.41) is 0. The molecule has 1 heterocycles. The van der Waals surface area contributed by atoms with Crippen molar-refractivity contribution in [3.63, 3.8) is 0 Å². The zero-order valence-corrected chi connectivity index (χ0v) is 6.20. The fourth-order valence-corrected chi connectivity index (χ4v) is 0.787. The van der Waals surface area contributed by atoms with Crippen molar-refractivity contribution in [2.45, 2.75) is 0 Å². The summed E-state index contributed by atoms with van der Waals surface area (Å²) in [7, 11) is 3.88. The van der Waals surface area contributed by atoms with E-state index in [-0.39, 0.29) is 0 Å². The highest BCUT2D eigenvalue weighted by atomic mass is 15.1. The van der Waals surface area contributed by atoms with Crippen LogP contribution in [0.4, 0.5) is 11.5 Å². The minimum Gasteiger partial charge on any atom is -0.382 e. The minimum absolute atomic E-state index is 0.576. The van der Waals surface area contributed by atoms with E-state index in [9.17, 15) is 0 Å². The molecular weight excluding hydrogens is 126 g/mol. The van der Waals surface area contributed by atoms with E-state index in [1.165, 1.54) is 0 Å². The van der Waals surface area contributed by atoms with E-state index in [0.717, 1.165) is 5.69 Å². The van der Waals surface area contributed by atoms with Crippen LogP contribution in [0, 0.1) is 0 Å². The lowest BCUT2D eigenvalue weighted by Crippen LogP contribution is -2.11. The monoisotopic (exact) mass is 137 g/mol. The molecule has 0 aromatic carbocycles. The molecule has 0 radical (unpaired) electrons. The Bertz CT molecular complexity index is 220. The van der Waals surface area contributed by atoms with Gasteiger partial charge in [0.25, 0.3) is 0 Å². The van der Waals surface area contributed by atoms with Gasteiger partial charge in [0.1, 0.15) is 5.82 Å². The maximum absolute atomic E-state index is 5.57. The van der Waals surface area contributed by atoms with Crippen molar-refractivity contribution in [2.75, 3.05) is 24.7 Å². The summed E-state index contributed by atoms with van der Waals surface area (Å²) in [5.41, 5.74) is 6.53. The lowest BCUT2D eigenvalue weighted by molar-refractivity contribution is 1.12. The van der Waals surface area contributed by atoms with Gasteiger partial charge in [0.05, 0.1) is 5.69 Å². The first-order valence-corrected chi connectivity index (χ1v) is 3.09. The fraction of sp³-hybridized carbons (Fsp3) is 0.286. The summed E-state index contributed by atoms with van der Waals surface area (Å²) in [4.78, 5) is 5.87. The third-order valence-corrected chi connectivity index (χ3v) is 1.30. The number of nitrogens with zero attached hydrogens (tertiary/aromatic N) is 2. The lowest BCUT2D eigenvalue weighted by atomic mass is 10.4. The Labute approximate surface area is 60.5 Å². The second kappa shape index (κ2) is 2.56. The number of rotatable bonds is 1. The second-order valence-electron chi connectivity index (χ2n) is 2.30. The van der Waals surface area contributed by atoms with Gasteiger partial charge in [0.2, 0.25) is 0 Å². The van der Waals surface area contributed by atoms with Crippen LogP contribution in [0.25, 0.3) is 0 Å². The van der Waals surface area contributed by atoms with E-state index in [2.05, 4.69) is 4.98 Å². The summed E-state index contributed by atoms with van der Waals surface area (Å²) in [6.07, 6.45) is 1.68. The molecule has 0 bridgehead atoms.